The lowest BCUT2D eigenvalue weighted by Gasteiger charge is -2.30. The van der Waals surface area contributed by atoms with Crippen LogP contribution in [0.4, 0.5) is 11.8 Å². The molecule has 31 heavy (non-hydrogen) atoms. The van der Waals surface area contributed by atoms with E-state index in [4.69, 9.17) is 0 Å². The Bertz CT molecular complexity index is 1010. The van der Waals surface area contributed by atoms with E-state index in [0.29, 0.717) is 12.0 Å². The summed E-state index contributed by atoms with van der Waals surface area (Å²) in [6.45, 7) is 0. The molecule has 0 saturated heterocycles. The highest BCUT2D eigenvalue weighted by Gasteiger charge is 2.24. The minimum Gasteiger partial charge on any atom is -0.363 e. The Morgan fingerprint density at radius 1 is 0.903 bits per heavy atom. The summed E-state index contributed by atoms with van der Waals surface area (Å²) in [6, 6.07) is 20.3. The summed E-state index contributed by atoms with van der Waals surface area (Å²) in [5, 5.41) is 6.70. The van der Waals surface area contributed by atoms with Gasteiger partial charge in [-0.05, 0) is 48.9 Å². The van der Waals surface area contributed by atoms with Crippen molar-refractivity contribution in [3.63, 3.8) is 0 Å². The molecule has 160 valence electrons. The van der Waals surface area contributed by atoms with Crippen molar-refractivity contribution in [3.05, 3.63) is 72.4 Å². The van der Waals surface area contributed by atoms with E-state index in [1.54, 1.807) is 6.20 Å². The van der Waals surface area contributed by atoms with E-state index in [-0.39, 0.29) is 11.9 Å². The first-order valence-corrected chi connectivity index (χ1v) is 10.8. The van der Waals surface area contributed by atoms with Crippen LogP contribution in [0.5, 0.6) is 0 Å². The predicted molar refractivity (Wildman–Crippen MR) is 125 cm³/mol. The first-order chi connectivity index (χ1) is 15.1. The van der Waals surface area contributed by atoms with Gasteiger partial charge in [-0.3, -0.25) is 4.79 Å². The maximum atomic E-state index is 13.0. The highest BCUT2D eigenvalue weighted by atomic mass is 16.1. The van der Waals surface area contributed by atoms with Gasteiger partial charge in [0, 0.05) is 37.9 Å². The molecule has 0 spiro atoms. The SMILES string of the molecule is CN(C)c1ccnc(N[C@H]2CC[C@@H](NC(=O)c3ccccc3-c3ccccc3)CC2)n1. The fourth-order valence-electron chi connectivity index (χ4n) is 4.05. The van der Waals surface area contributed by atoms with E-state index in [1.807, 2.05) is 79.7 Å². The van der Waals surface area contributed by atoms with E-state index in [0.717, 1.165) is 48.2 Å². The number of carbonyl (C=O) groups is 1. The minimum atomic E-state index is -0.00196. The molecule has 0 radical (unpaired) electrons. The highest BCUT2D eigenvalue weighted by molar-refractivity contribution is 6.01. The Labute approximate surface area is 183 Å². The number of benzene rings is 2. The van der Waals surface area contributed by atoms with Gasteiger partial charge in [-0.15, -0.1) is 0 Å². The number of nitrogens with one attached hydrogen (secondary N) is 2. The Hall–Kier alpha value is -3.41. The second-order valence-corrected chi connectivity index (χ2v) is 8.21. The Balaban J connectivity index is 1.35. The lowest BCUT2D eigenvalue weighted by atomic mass is 9.90. The molecular weight excluding hydrogens is 386 g/mol. The van der Waals surface area contributed by atoms with Crippen molar-refractivity contribution >= 4 is 17.7 Å². The number of rotatable bonds is 6. The van der Waals surface area contributed by atoms with Crippen LogP contribution in [0.1, 0.15) is 36.0 Å². The molecule has 1 aliphatic rings. The minimum absolute atomic E-state index is 0.00196. The maximum absolute atomic E-state index is 13.0. The van der Waals surface area contributed by atoms with Crippen LogP contribution >= 0.6 is 0 Å². The molecule has 1 aromatic heterocycles. The Kier molecular flexibility index (Phi) is 6.46. The standard InChI is InChI=1S/C25H29N5O/c1-30(2)23-16-17-26-25(29-23)28-20-14-12-19(13-15-20)27-24(31)22-11-7-6-10-21(22)18-8-4-3-5-9-18/h3-11,16-17,19-20H,12-15H2,1-2H3,(H,27,31)(H,26,28,29)/t19-,20+. The lowest BCUT2D eigenvalue weighted by molar-refractivity contribution is 0.0927. The summed E-state index contributed by atoms with van der Waals surface area (Å²) in [4.78, 5) is 23.9. The van der Waals surface area contributed by atoms with E-state index >= 15 is 0 Å². The van der Waals surface area contributed by atoms with E-state index in [9.17, 15) is 4.79 Å². The molecule has 0 unspecified atom stereocenters. The smallest absolute Gasteiger partial charge is 0.252 e. The first-order valence-electron chi connectivity index (χ1n) is 10.8. The number of aromatic nitrogens is 2. The average molecular weight is 416 g/mol. The summed E-state index contributed by atoms with van der Waals surface area (Å²) in [6.07, 6.45) is 5.59. The van der Waals surface area contributed by atoms with Gasteiger partial charge in [-0.25, -0.2) is 4.98 Å². The van der Waals surface area contributed by atoms with Gasteiger partial charge < -0.3 is 15.5 Å². The van der Waals surface area contributed by atoms with E-state index in [2.05, 4.69) is 20.6 Å². The zero-order valence-corrected chi connectivity index (χ0v) is 18.1. The molecule has 0 aliphatic heterocycles. The number of amides is 1. The van der Waals surface area contributed by atoms with Gasteiger partial charge in [0.05, 0.1) is 0 Å². The Morgan fingerprint density at radius 3 is 2.32 bits per heavy atom. The van der Waals surface area contributed by atoms with Crippen LogP contribution < -0.4 is 15.5 Å². The van der Waals surface area contributed by atoms with Crippen LogP contribution in [0, 0.1) is 0 Å². The van der Waals surface area contributed by atoms with E-state index < -0.39 is 0 Å². The maximum Gasteiger partial charge on any atom is 0.252 e. The molecule has 0 bridgehead atoms. The van der Waals surface area contributed by atoms with Crippen molar-refractivity contribution < 1.29 is 4.79 Å². The molecule has 2 N–H and O–H groups in total. The van der Waals surface area contributed by atoms with Crippen molar-refractivity contribution in [3.8, 4) is 11.1 Å². The van der Waals surface area contributed by atoms with Crippen molar-refractivity contribution in [1.82, 2.24) is 15.3 Å². The third-order valence-electron chi connectivity index (χ3n) is 5.75. The molecule has 0 atom stereocenters. The summed E-state index contributed by atoms with van der Waals surface area (Å²) in [5.74, 6) is 1.55. The first kappa shape index (κ1) is 20.8. The monoisotopic (exact) mass is 415 g/mol. The van der Waals surface area contributed by atoms with Crippen LogP contribution in [-0.2, 0) is 0 Å². The van der Waals surface area contributed by atoms with Crippen molar-refractivity contribution in [2.45, 2.75) is 37.8 Å². The zero-order chi connectivity index (χ0) is 21.6. The molecule has 1 fully saturated rings. The van der Waals surface area contributed by atoms with Gasteiger partial charge in [0.1, 0.15) is 5.82 Å². The van der Waals surface area contributed by atoms with Crippen molar-refractivity contribution in [2.24, 2.45) is 0 Å². The fraction of sp³-hybridized carbons (Fsp3) is 0.320. The molecule has 1 aliphatic carbocycles. The second-order valence-electron chi connectivity index (χ2n) is 8.21. The third-order valence-corrected chi connectivity index (χ3v) is 5.75. The fourth-order valence-corrected chi connectivity index (χ4v) is 4.05. The lowest BCUT2D eigenvalue weighted by Crippen LogP contribution is -2.40. The van der Waals surface area contributed by atoms with Crippen LogP contribution in [0.25, 0.3) is 11.1 Å². The summed E-state index contributed by atoms with van der Waals surface area (Å²) < 4.78 is 0. The molecule has 3 aromatic rings. The topological polar surface area (TPSA) is 70.2 Å². The molecule has 2 aromatic carbocycles. The molecule has 1 saturated carbocycles. The number of anilines is 2. The van der Waals surface area contributed by atoms with Gasteiger partial charge in [0.25, 0.3) is 5.91 Å². The van der Waals surface area contributed by atoms with Crippen molar-refractivity contribution in [1.29, 1.82) is 0 Å². The quantitative estimate of drug-likeness (QED) is 0.626. The average Bonchev–Trinajstić information content (AvgIpc) is 2.81. The predicted octanol–water partition coefficient (Wildman–Crippen LogP) is 4.36. The molecule has 6 heteroatoms. The van der Waals surface area contributed by atoms with Crippen molar-refractivity contribution in [2.75, 3.05) is 24.3 Å². The molecule has 6 nitrogen and oxygen atoms in total. The van der Waals surface area contributed by atoms with Crippen LogP contribution in [0.3, 0.4) is 0 Å². The summed E-state index contributed by atoms with van der Waals surface area (Å²) >= 11 is 0. The summed E-state index contributed by atoms with van der Waals surface area (Å²) in [5.41, 5.74) is 2.75. The molecule has 4 rings (SSSR count). The molecular formula is C25H29N5O. The number of nitrogens with zero attached hydrogens (tertiary/aromatic N) is 3. The van der Waals surface area contributed by atoms with E-state index in [1.165, 1.54) is 0 Å². The number of hydrogen-bond acceptors (Lipinski definition) is 5. The van der Waals surface area contributed by atoms with Gasteiger partial charge in [0.15, 0.2) is 0 Å². The number of carbonyl (C=O) groups excluding carboxylic acids is 1. The highest BCUT2D eigenvalue weighted by Crippen LogP contribution is 2.25. The van der Waals surface area contributed by atoms with Gasteiger partial charge >= 0.3 is 0 Å². The number of hydrogen-bond donors (Lipinski definition) is 2. The summed E-state index contributed by atoms with van der Waals surface area (Å²) in [7, 11) is 3.94. The van der Waals surface area contributed by atoms with Crippen LogP contribution in [-0.4, -0.2) is 42.1 Å². The zero-order valence-electron chi connectivity index (χ0n) is 18.1. The normalized spacial score (nSPS) is 18.3. The van der Waals surface area contributed by atoms with Crippen LogP contribution in [0.2, 0.25) is 0 Å². The second kappa shape index (κ2) is 9.60. The molecule has 1 heterocycles. The van der Waals surface area contributed by atoms with Crippen LogP contribution in [0.15, 0.2) is 66.9 Å². The largest absolute Gasteiger partial charge is 0.363 e. The Morgan fingerprint density at radius 2 is 1.58 bits per heavy atom. The van der Waals surface area contributed by atoms with Gasteiger partial charge in [-0.2, -0.15) is 4.98 Å². The van der Waals surface area contributed by atoms with Gasteiger partial charge in [-0.1, -0.05) is 48.5 Å². The third kappa shape index (κ3) is 5.20. The molecule has 1 amide bonds. The van der Waals surface area contributed by atoms with Gasteiger partial charge in [0.2, 0.25) is 5.95 Å².